The Labute approximate surface area is 127 Å². The van der Waals surface area contributed by atoms with Gasteiger partial charge in [-0.05, 0) is 66.3 Å². The van der Waals surface area contributed by atoms with Gasteiger partial charge in [0.2, 0.25) is 0 Å². The van der Waals surface area contributed by atoms with E-state index in [0.717, 1.165) is 9.13 Å². The first-order chi connectivity index (χ1) is 9.06. The SMILES string of the molecule is Cc1ccc(C(C)NC(=O)c2ccc(I)cc2)cc1. The number of carbonyl (C=O) groups excluding carboxylic acids is 1. The van der Waals surface area contributed by atoms with Crippen molar-refractivity contribution in [2.45, 2.75) is 19.9 Å². The van der Waals surface area contributed by atoms with E-state index in [1.54, 1.807) is 0 Å². The average Bonchev–Trinajstić information content (AvgIpc) is 2.40. The van der Waals surface area contributed by atoms with E-state index >= 15 is 0 Å². The third-order valence-electron chi connectivity index (χ3n) is 3.03. The van der Waals surface area contributed by atoms with Crippen LogP contribution in [0, 0.1) is 10.5 Å². The number of hydrogen-bond acceptors (Lipinski definition) is 1. The molecule has 3 heteroatoms. The standard InChI is InChI=1S/C16H16INO/c1-11-3-5-13(6-4-11)12(2)18-16(19)14-7-9-15(17)10-8-14/h3-10,12H,1-2H3,(H,18,19). The summed E-state index contributed by atoms with van der Waals surface area (Å²) in [5, 5.41) is 3.01. The lowest BCUT2D eigenvalue weighted by atomic mass is 10.1. The predicted octanol–water partition coefficient (Wildman–Crippen LogP) is 4.09. The summed E-state index contributed by atoms with van der Waals surface area (Å²) in [5.41, 5.74) is 3.03. The molecule has 0 bridgehead atoms. The molecule has 2 rings (SSSR count). The minimum Gasteiger partial charge on any atom is -0.346 e. The summed E-state index contributed by atoms with van der Waals surface area (Å²) in [6, 6.07) is 15.8. The van der Waals surface area contributed by atoms with Crippen LogP contribution in [0.3, 0.4) is 0 Å². The Morgan fingerprint density at radius 2 is 1.63 bits per heavy atom. The summed E-state index contributed by atoms with van der Waals surface area (Å²) in [5.74, 6) is -0.0375. The maximum Gasteiger partial charge on any atom is 0.251 e. The van der Waals surface area contributed by atoms with E-state index in [2.05, 4.69) is 47.0 Å². The Kier molecular flexibility index (Phi) is 4.58. The van der Waals surface area contributed by atoms with E-state index in [1.807, 2.05) is 43.3 Å². The zero-order valence-electron chi connectivity index (χ0n) is 11.0. The quantitative estimate of drug-likeness (QED) is 0.816. The second-order valence-corrected chi connectivity index (χ2v) is 5.86. The van der Waals surface area contributed by atoms with Crippen molar-refractivity contribution >= 4 is 28.5 Å². The van der Waals surface area contributed by atoms with Gasteiger partial charge in [0, 0.05) is 9.13 Å². The molecule has 0 heterocycles. The van der Waals surface area contributed by atoms with Crippen LogP contribution in [0.25, 0.3) is 0 Å². The largest absolute Gasteiger partial charge is 0.346 e. The van der Waals surface area contributed by atoms with Gasteiger partial charge in [-0.3, -0.25) is 4.79 Å². The van der Waals surface area contributed by atoms with Crippen molar-refractivity contribution in [2.75, 3.05) is 0 Å². The van der Waals surface area contributed by atoms with Crippen molar-refractivity contribution in [3.05, 3.63) is 68.8 Å². The van der Waals surface area contributed by atoms with Crippen LogP contribution < -0.4 is 5.32 Å². The van der Waals surface area contributed by atoms with Gasteiger partial charge in [0.15, 0.2) is 0 Å². The first-order valence-electron chi connectivity index (χ1n) is 6.19. The fourth-order valence-corrected chi connectivity index (χ4v) is 2.18. The van der Waals surface area contributed by atoms with Crippen molar-refractivity contribution in [1.82, 2.24) is 5.32 Å². The van der Waals surface area contributed by atoms with E-state index in [0.29, 0.717) is 5.56 Å². The molecule has 1 unspecified atom stereocenters. The summed E-state index contributed by atoms with van der Waals surface area (Å²) >= 11 is 2.23. The molecule has 19 heavy (non-hydrogen) atoms. The Balaban J connectivity index is 2.06. The molecular weight excluding hydrogens is 349 g/mol. The molecule has 1 N–H and O–H groups in total. The lowest BCUT2D eigenvalue weighted by Crippen LogP contribution is -2.26. The minimum absolute atomic E-state index is 0.00683. The Hall–Kier alpha value is -1.36. The molecule has 1 amide bonds. The molecule has 0 aliphatic heterocycles. The van der Waals surface area contributed by atoms with Gasteiger partial charge in [-0.25, -0.2) is 0 Å². The summed E-state index contributed by atoms with van der Waals surface area (Å²) in [6.45, 7) is 4.05. The molecular formula is C16H16INO. The van der Waals surface area contributed by atoms with Crippen molar-refractivity contribution < 1.29 is 4.79 Å². The molecule has 0 spiro atoms. The molecule has 2 aromatic carbocycles. The Morgan fingerprint density at radius 3 is 2.21 bits per heavy atom. The van der Waals surface area contributed by atoms with Crippen LogP contribution in [0.15, 0.2) is 48.5 Å². The van der Waals surface area contributed by atoms with E-state index < -0.39 is 0 Å². The lowest BCUT2D eigenvalue weighted by Gasteiger charge is -2.14. The average molecular weight is 365 g/mol. The summed E-state index contributed by atoms with van der Waals surface area (Å²) in [4.78, 5) is 12.1. The summed E-state index contributed by atoms with van der Waals surface area (Å²) in [7, 11) is 0. The van der Waals surface area contributed by atoms with Crippen LogP contribution in [0.1, 0.15) is 34.5 Å². The smallest absolute Gasteiger partial charge is 0.251 e. The number of hydrogen-bond donors (Lipinski definition) is 1. The van der Waals surface area contributed by atoms with E-state index in [4.69, 9.17) is 0 Å². The fraction of sp³-hybridized carbons (Fsp3) is 0.188. The van der Waals surface area contributed by atoms with Crippen LogP contribution in [-0.2, 0) is 0 Å². The maximum absolute atomic E-state index is 12.1. The van der Waals surface area contributed by atoms with Gasteiger partial charge in [0.25, 0.3) is 5.91 Å². The molecule has 0 aromatic heterocycles. The van der Waals surface area contributed by atoms with Crippen molar-refractivity contribution in [1.29, 1.82) is 0 Å². The monoisotopic (exact) mass is 365 g/mol. The van der Waals surface area contributed by atoms with Crippen LogP contribution in [-0.4, -0.2) is 5.91 Å². The van der Waals surface area contributed by atoms with Gasteiger partial charge < -0.3 is 5.32 Å². The molecule has 0 aliphatic rings. The molecule has 0 saturated carbocycles. The highest BCUT2D eigenvalue weighted by molar-refractivity contribution is 14.1. The molecule has 0 fully saturated rings. The number of halogens is 1. The Morgan fingerprint density at radius 1 is 1.05 bits per heavy atom. The van der Waals surface area contributed by atoms with Crippen LogP contribution in [0.5, 0.6) is 0 Å². The van der Waals surface area contributed by atoms with Crippen molar-refractivity contribution in [2.24, 2.45) is 0 Å². The third-order valence-corrected chi connectivity index (χ3v) is 3.75. The first kappa shape index (κ1) is 14.1. The highest BCUT2D eigenvalue weighted by Crippen LogP contribution is 2.14. The van der Waals surface area contributed by atoms with Crippen molar-refractivity contribution in [3.63, 3.8) is 0 Å². The molecule has 0 radical (unpaired) electrons. The van der Waals surface area contributed by atoms with Gasteiger partial charge in [-0.2, -0.15) is 0 Å². The van der Waals surface area contributed by atoms with Crippen molar-refractivity contribution in [3.8, 4) is 0 Å². The number of benzene rings is 2. The van der Waals surface area contributed by atoms with E-state index in [1.165, 1.54) is 5.56 Å². The first-order valence-corrected chi connectivity index (χ1v) is 7.27. The number of carbonyl (C=O) groups is 1. The molecule has 2 nitrogen and oxygen atoms in total. The minimum atomic E-state index is -0.0375. The molecule has 98 valence electrons. The fourth-order valence-electron chi connectivity index (χ4n) is 1.82. The van der Waals surface area contributed by atoms with Gasteiger partial charge in [0.05, 0.1) is 6.04 Å². The van der Waals surface area contributed by atoms with Gasteiger partial charge in [-0.1, -0.05) is 29.8 Å². The second kappa shape index (κ2) is 6.19. The van der Waals surface area contributed by atoms with Crippen LogP contribution in [0.2, 0.25) is 0 Å². The van der Waals surface area contributed by atoms with Gasteiger partial charge in [-0.15, -0.1) is 0 Å². The topological polar surface area (TPSA) is 29.1 Å². The highest BCUT2D eigenvalue weighted by atomic mass is 127. The summed E-state index contributed by atoms with van der Waals surface area (Å²) < 4.78 is 1.13. The highest BCUT2D eigenvalue weighted by Gasteiger charge is 2.10. The Bertz CT molecular complexity index is 560. The predicted molar refractivity (Wildman–Crippen MR) is 86.2 cm³/mol. The summed E-state index contributed by atoms with van der Waals surface area (Å²) in [6.07, 6.45) is 0. The van der Waals surface area contributed by atoms with Gasteiger partial charge >= 0.3 is 0 Å². The normalized spacial score (nSPS) is 11.9. The molecule has 2 aromatic rings. The number of rotatable bonds is 3. The lowest BCUT2D eigenvalue weighted by molar-refractivity contribution is 0.0940. The molecule has 0 aliphatic carbocycles. The van der Waals surface area contributed by atoms with E-state index in [-0.39, 0.29) is 11.9 Å². The van der Waals surface area contributed by atoms with Gasteiger partial charge in [0.1, 0.15) is 0 Å². The maximum atomic E-state index is 12.1. The van der Waals surface area contributed by atoms with E-state index in [9.17, 15) is 4.79 Å². The number of amides is 1. The third kappa shape index (κ3) is 3.80. The van der Waals surface area contributed by atoms with Crippen LogP contribution in [0.4, 0.5) is 0 Å². The molecule has 0 saturated heterocycles. The number of aryl methyl sites for hydroxylation is 1. The molecule has 1 atom stereocenters. The zero-order chi connectivity index (χ0) is 13.8. The zero-order valence-corrected chi connectivity index (χ0v) is 13.1. The van der Waals surface area contributed by atoms with Crippen LogP contribution >= 0.6 is 22.6 Å². The number of nitrogens with one attached hydrogen (secondary N) is 1. The second-order valence-electron chi connectivity index (χ2n) is 4.61.